The molecule has 0 saturated carbocycles. The Morgan fingerprint density at radius 3 is 2.42 bits per heavy atom. The van der Waals surface area contributed by atoms with Crippen LogP contribution in [-0.4, -0.2) is 24.8 Å². The van der Waals surface area contributed by atoms with Gasteiger partial charge in [0.15, 0.2) is 0 Å². The zero-order chi connectivity index (χ0) is 17.4. The molecular weight excluding hydrogens is 356 g/mol. The summed E-state index contributed by atoms with van der Waals surface area (Å²) in [5.41, 5.74) is 0.736. The molecule has 2 rings (SSSR count). The van der Waals surface area contributed by atoms with Crippen molar-refractivity contribution in [3.05, 3.63) is 59.1 Å². The zero-order valence-electron chi connectivity index (χ0n) is 12.7. The SMILES string of the molecule is O=C(Cc1ccc(OC(F)F)cc1)NCCSc1ccc(Cl)cc1. The lowest BCUT2D eigenvalue weighted by atomic mass is 10.1. The van der Waals surface area contributed by atoms with Gasteiger partial charge in [0.2, 0.25) is 5.91 Å². The Kier molecular flexibility index (Phi) is 7.34. The molecule has 0 saturated heterocycles. The summed E-state index contributed by atoms with van der Waals surface area (Å²) in [6.07, 6.45) is 0.195. The van der Waals surface area contributed by atoms with Gasteiger partial charge in [-0.15, -0.1) is 11.8 Å². The van der Waals surface area contributed by atoms with E-state index in [2.05, 4.69) is 10.1 Å². The van der Waals surface area contributed by atoms with E-state index < -0.39 is 6.61 Å². The zero-order valence-corrected chi connectivity index (χ0v) is 14.2. The summed E-state index contributed by atoms with van der Waals surface area (Å²) >= 11 is 7.44. The first-order chi connectivity index (χ1) is 11.5. The normalized spacial score (nSPS) is 10.7. The Labute approximate surface area is 148 Å². The molecule has 1 N–H and O–H groups in total. The van der Waals surface area contributed by atoms with Crippen LogP contribution in [0.4, 0.5) is 8.78 Å². The summed E-state index contributed by atoms with van der Waals surface area (Å²) in [5, 5.41) is 3.51. The van der Waals surface area contributed by atoms with Crippen LogP contribution in [0.5, 0.6) is 5.75 Å². The number of rotatable bonds is 8. The van der Waals surface area contributed by atoms with E-state index in [0.717, 1.165) is 16.2 Å². The molecule has 7 heteroatoms. The average Bonchev–Trinajstić information content (AvgIpc) is 2.55. The van der Waals surface area contributed by atoms with Gasteiger partial charge in [0, 0.05) is 22.2 Å². The van der Waals surface area contributed by atoms with Crippen LogP contribution in [0.2, 0.25) is 5.02 Å². The lowest BCUT2D eigenvalue weighted by Gasteiger charge is -2.07. The van der Waals surface area contributed by atoms with Crippen LogP contribution in [0.1, 0.15) is 5.56 Å². The molecule has 24 heavy (non-hydrogen) atoms. The molecule has 0 spiro atoms. The number of benzene rings is 2. The second kappa shape index (κ2) is 9.49. The van der Waals surface area contributed by atoms with Gasteiger partial charge < -0.3 is 10.1 Å². The summed E-state index contributed by atoms with van der Waals surface area (Å²) in [5.74, 6) is 0.705. The van der Waals surface area contributed by atoms with Crippen LogP contribution in [0, 0.1) is 0 Å². The number of hydrogen-bond acceptors (Lipinski definition) is 3. The fourth-order valence-electron chi connectivity index (χ4n) is 1.93. The highest BCUT2D eigenvalue weighted by Gasteiger charge is 2.06. The first-order valence-corrected chi connectivity index (χ1v) is 8.58. The van der Waals surface area contributed by atoms with Crippen LogP contribution in [0.15, 0.2) is 53.4 Å². The lowest BCUT2D eigenvalue weighted by molar-refractivity contribution is -0.120. The summed E-state index contributed by atoms with van der Waals surface area (Å²) in [6.45, 7) is -2.31. The summed E-state index contributed by atoms with van der Waals surface area (Å²) in [7, 11) is 0. The van der Waals surface area contributed by atoms with Gasteiger partial charge in [-0.3, -0.25) is 4.79 Å². The average molecular weight is 372 g/mol. The van der Waals surface area contributed by atoms with Gasteiger partial charge >= 0.3 is 6.61 Å². The van der Waals surface area contributed by atoms with E-state index in [4.69, 9.17) is 11.6 Å². The molecule has 0 radical (unpaired) electrons. The smallest absolute Gasteiger partial charge is 0.387 e. The Bertz CT molecular complexity index is 651. The quantitative estimate of drug-likeness (QED) is 0.552. The molecule has 3 nitrogen and oxygen atoms in total. The van der Waals surface area contributed by atoms with E-state index in [9.17, 15) is 13.6 Å². The van der Waals surface area contributed by atoms with E-state index >= 15 is 0 Å². The third-order valence-electron chi connectivity index (χ3n) is 3.02. The van der Waals surface area contributed by atoms with Crippen molar-refractivity contribution in [1.29, 1.82) is 0 Å². The molecule has 0 bridgehead atoms. The van der Waals surface area contributed by atoms with Crippen molar-refractivity contribution >= 4 is 29.3 Å². The van der Waals surface area contributed by atoms with Crippen molar-refractivity contribution in [1.82, 2.24) is 5.32 Å². The molecule has 0 aromatic heterocycles. The maximum atomic E-state index is 12.1. The van der Waals surface area contributed by atoms with Crippen molar-refractivity contribution in [3.63, 3.8) is 0 Å². The first kappa shape index (κ1) is 18.5. The largest absolute Gasteiger partial charge is 0.435 e. The number of carbonyl (C=O) groups excluding carboxylic acids is 1. The van der Waals surface area contributed by atoms with Crippen molar-refractivity contribution in [2.24, 2.45) is 0 Å². The number of hydrogen-bond donors (Lipinski definition) is 1. The molecule has 1 amide bonds. The molecule has 0 fully saturated rings. The number of nitrogens with one attached hydrogen (secondary N) is 1. The molecular formula is C17H16ClF2NO2S. The second-order valence-corrected chi connectivity index (χ2v) is 6.46. The van der Waals surface area contributed by atoms with Crippen molar-refractivity contribution < 1.29 is 18.3 Å². The van der Waals surface area contributed by atoms with Gasteiger partial charge in [-0.2, -0.15) is 8.78 Å². The van der Waals surface area contributed by atoms with Gasteiger partial charge in [0.1, 0.15) is 5.75 Å². The summed E-state index contributed by atoms with van der Waals surface area (Å²) in [6, 6.07) is 13.5. The highest BCUT2D eigenvalue weighted by Crippen LogP contribution is 2.19. The topological polar surface area (TPSA) is 38.3 Å². The van der Waals surface area contributed by atoms with Crippen molar-refractivity contribution in [3.8, 4) is 5.75 Å². The Morgan fingerprint density at radius 2 is 1.79 bits per heavy atom. The van der Waals surface area contributed by atoms with Crippen LogP contribution >= 0.6 is 23.4 Å². The van der Waals surface area contributed by atoms with Crippen LogP contribution in [0.3, 0.4) is 0 Å². The van der Waals surface area contributed by atoms with Crippen LogP contribution in [0.25, 0.3) is 0 Å². The minimum absolute atomic E-state index is 0.0773. The monoisotopic (exact) mass is 371 g/mol. The fraction of sp³-hybridized carbons (Fsp3) is 0.235. The fourth-order valence-corrected chi connectivity index (χ4v) is 2.82. The summed E-state index contributed by atoms with van der Waals surface area (Å²) < 4.78 is 28.4. The number of thioether (sulfide) groups is 1. The predicted octanol–water partition coefficient (Wildman–Crippen LogP) is 4.39. The van der Waals surface area contributed by atoms with Gasteiger partial charge in [-0.25, -0.2) is 0 Å². The number of halogens is 3. The molecule has 2 aromatic rings. The molecule has 128 valence electrons. The highest BCUT2D eigenvalue weighted by atomic mass is 35.5. The molecule has 0 aliphatic heterocycles. The maximum absolute atomic E-state index is 12.1. The minimum atomic E-state index is -2.85. The van der Waals surface area contributed by atoms with Gasteiger partial charge in [0.05, 0.1) is 6.42 Å². The molecule has 0 heterocycles. The van der Waals surface area contributed by atoms with E-state index in [1.54, 1.807) is 23.9 Å². The standard InChI is InChI=1S/C17H16ClF2NO2S/c18-13-3-7-15(8-4-13)24-10-9-21-16(22)11-12-1-5-14(6-2-12)23-17(19)20/h1-8,17H,9-11H2,(H,21,22). The van der Waals surface area contributed by atoms with Gasteiger partial charge in [-0.1, -0.05) is 23.7 Å². The molecule has 0 atom stereocenters. The van der Waals surface area contributed by atoms with Crippen molar-refractivity contribution in [2.45, 2.75) is 17.9 Å². The van der Waals surface area contributed by atoms with Gasteiger partial charge in [-0.05, 0) is 42.0 Å². The summed E-state index contributed by atoms with van der Waals surface area (Å²) in [4.78, 5) is 12.9. The minimum Gasteiger partial charge on any atom is -0.435 e. The van der Waals surface area contributed by atoms with Crippen LogP contribution in [-0.2, 0) is 11.2 Å². The second-order valence-electron chi connectivity index (χ2n) is 4.85. The number of amides is 1. The van der Waals surface area contributed by atoms with E-state index in [1.165, 1.54) is 12.1 Å². The third kappa shape index (κ3) is 6.76. The molecule has 0 unspecified atom stereocenters. The Morgan fingerprint density at radius 1 is 1.12 bits per heavy atom. The first-order valence-electron chi connectivity index (χ1n) is 7.22. The molecule has 0 aliphatic rings. The van der Waals surface area contributed by atoms with Gasteiger partial charge in [0.25, 0.3) is 0 Å². The number of ether oxygens (including phenoxy) is 1. The Balaban J connectivity index is 1.68. The lowest BCUT2D eigenvalue weighted by Crippen LogP contribution is -2.27. The highest BCUT2D eigenvalue weighted by molar-refractivity contribution is 7.99. The third-order valence-corrected chi connectivity index (χ3v) is 4.29. The van der Waals surface area contributed by atoms with E-state index in [-0.39, 0.29) is 18.1 Å². The molecule has 2 aromatic carbocycles. The number of alkyl halides is 2. The Hall–Kier alpha value is -1.79. The van der Waals surface area contributed by atoms with E-state index in [1.807, 2.05) is 24.3 Å². The predicted molar refractivity (Wildman–Crippen MR) is 92.0 cm³/mol. The van der Waals surface area contributed by atoms with Crippen LogP contribution < -0.4 is 10.1 Å². The van der Waals surface area contributed by atoms with Crippen molar-refractivity contribution in [2.75, 3.05) is 12.3 Å². The van der Waals surface area contributed by atoms with E-state index in [0.29, 0.717) is 11.6 Å². The number of carbonyl (C=O) groups is 1. The molecule has 0 aliphatic carbocycles. The maximum Gasteiger partial charge on any atom is 0.387 e.